The van der Waals surface area contributed by atoms with E-state index in [1.165, 1.54) is 57.9 Å². The molecule has 2 saturated heterocycles. The van der Waals surface area contributed by atoms with Gasteiger partial charge < -0.3 is 9.84 Å². The summed E-state index contributed by atoms with van der Waals surface area (Å²) in [7, 11) is 0. The van der Waals surface area contributed by atoms with E-state index < -0.39 is 0 Å². The van der Waals surface area contributed by atoms with E-state index in [4.69, 9.17) is 4.74 Å². The van der Waals surface area contributed by atoms with Crippen molar-refractivity contribution in [2.24, 2.45) is 5.92 Å². The summed E-state index contributed by atoms with van der Waals surface area (Å²) in [4.78, 5) is 2.64. The maximum absolute atomic E-state index is 9.76. The van der Waals surface area contributed by atoms with Gasteiger partial charge in [0.2, 0.25) is 0 Å². The summed E-state index contributed by atoms with van der Waals surface area (Å²) in [6, 6.07) is 0.704. The van der Waals surface area contributed by atoms with E-state index in [2.05, 4.69) is 4.90 Å². The Morgan fingerprint density at radius 3 is 2.68 bits per heavy atom. The lowest BCUT2D eigenvalue weighted by Gasteiger charge is -2.46. The van der Waals surface area contributed by atoms with Gasteiger partial charge >= 0.3 is 0 Å². The first-order valence-corrected chi connectivity index (χ1v) is 8.25. The van der Waals surface area contributed by atoms with Crippen molar-refractivity contribution < 1.29 is 9.84 Å². The fraction of sp³-hybridized carbons (Fsp3) is 1.00. The number of nitrogens with zero attached hydrogens (tertiary/aromatic N) is 1. The SMILES string of the molecule is CC(O)C1CCN(C2CCOC3(CCCCC3)C2)C1. The number of hydrogen-bond acceptors (Lipinski definition) is 3. The van der Waals surface area contributed by atoms with Crippen molar-refractivity contribution in [3.63, 3.8) is 0 Å². The van der Waals surface area contributed by atoms with Gasteiger partial charge in [-0.2, -0.15) is 0 Å². The Morgan fingerprint density at radius 1 is 1.21 bits per heavy atom. The van der Waals surface area contributed by atoms with Gasteiger partial charge in [-0.15, -0.1) is 0 Å². The van der Waals surface area contributed by atoms with Crippen molar-refractivity contribution in [2.75, 3.05) is 19.7 Å². The molecule has 3 atom stereocenters. The molecule has 1 N–H and O–H groups in total. The molecule has 0 aromatic rings. The lowest BCUT2D eigenvalue weighted by molar-refractivity contribution is -0.122. The third-order valence-electron chi connectivity index (χ3n) is 5.69. The zero-order valence-electron chi connectivity index (χ0n) is 12.3. The van der Waals surface area contributed by atoms with Crippen LogP contribution in [0.3, 0.4) is 0 Å². The van der Waals surface area contributed by atoms with E-state index >= 15 is 0 Å². The summed E-state index contributed by atoms with van der Waals surface area (Å²) in [5.41, 5.74) is 0.212. The summed E-state index contributed by atoms with van der Waals surface area (Å²) >= 11 is 0. The van der Waals surface area contributed by atoms with Crippen LogP contribution in [-0.4, -0.2) is 47.4 Å². The molecule has 1 aliphatic carbocycles. The van der Waals surface area contributed by atoms with Gasteiger partial charge in [0.05, 0.1) is 11.7 Å². The average Bonchev–Trinajstić information content (AvgIpc) is 2.89. The van der Waals surface area contributed by atoms with E-state index in [-0.39, 0.29) is 11.7 Å². The van der Waals surface area contributed by atoms with Crippen LogP contribution in [0.15, 0.2) is 0 Å². The molecule has 2 aliphatic heterocycles. The van der Waals surface area contributed by atoms with Crippen LogP contribution in [0.25, 0.3) is 0 Å². The van der Waals surface area contributed by atoms with Crippen molar-refractivity contribution >= 4 is 0 Å². The number of rotatable bonds is 2. The first kappa shape index (κ1) is 13.8. The van der Waals surface area contributed by atoms with Crippen LogP contribution in [0.5, 0.6) is 0 Å². The third-order valence-corrected chi connectivity index (χ3v) is 5.69. The van der Waals surface area contributed by atoms with Gasteiger partial charge in [0.1, 0.15) is 0 Å². The van der Waals surface area contributed by atoms with Gasteiger partial charge in [0.15, 0.2) is 0 Å². The number of hydrogen-bond donors (Lipinski definition) is 1. The smallest absolute Gasteiger partial charge is 0.0697 e. The summed E-state index contributed by atoms with van der Waals surface area (Å²) in [6.45, 7) is 5.16. The molecule has 19 heavy (non-hydrogen) atoms. The second-order valence-electron chi connectivity index (χ2n) is 7.02. The molecule has 0 bridgehead atoms. The maximum atomic E-state index is 9.76. The van der Waals surface area contributed by atoms with Crippen LogP contribution in [0.1, 0.15) is 58.3 Å². The number of ether oxygens (including phenoxy) is 1. The Balaban J connectivity index is 1.59. The Labute approximate surface area is 117 Å². The maximum Gasteiger partial charge on any atom is 0.0697 e. The zero-order valence-corrected chi connectivity index (χ0v) is 12.3. The van der Waals surface area contributed by atoms with Gasteiger partial charge in [-0.1, -0.05) is 19.3 Å². The van der Waals surface area contributed by atoms with Crippen molar-refractivity contribution in [3.8, 4) is 0 Å². The molecular weight excluding hydrogens is 238 g/mol. The average molecular weight is 267 g/mol. The number of aliphatic hydroxyl groups excluding tert-OH is 1. The van der Waals surface area contributed by atoms with Crippen LogP contribution >= 0.6 is 0 Å². The molecule has 3 nitrogen and oxygen atoms in total. The largest absolute Gasteiger partial charge is 0.393 e. The summed E-state index contributed by atoms with van der Waals surface area (Å²) in [6.07, 6.45) is 10.1. The number of aliphatic hydroxyl groups is 1. The van der Waals surface area contributed by atoms with Crippen LogP contribution in [0.4, 0.5) is 0 Å². The van der Waals surface area contributed by atoms with E-state index in [0.29, 0.717) is 12.0 Å². The third kappa shape index (κ3) is 2.98. The molecule has 0 aromatic carbocycles. The highest BCUT2D eigenvalue weighted by molar-refractivity contribution is 4.94. The van der Waals surface area contributed by atoms with Crippen LogP contribution < -0.4 is 0 Å². The van der Waals surface area contributed by atoms with Gasteiger partial charge in [-0.25, -0.2) is 0 Å². The monoisotopic (exact) mass is 267 g/mol. The fourth-order valence-corrected chi connectivity index (χ4v) is 4.40. The molecule has 3 aliphatic rings. The van der Waals surface area contributed by atoms with Crippen molar-refractivity contribution in [1.29, 1.82) is 0 Å². The Hall–Kier alpha value is -0.120. The first-order valence-electron chi connectivity index (χ1n) is 8.25. The fourth-order valence-electron chi connectivity index (χ4n) is 4.40. The molecule has 0 amide bonds. The second-order valence-corrected chi connectivity index (χ2v) is 7.02. The summed E-state index contributed by atoms with van der Waals surface area (Å²) < 4.78 is 6.19. The Morgan fingerprint density at radius 2 is 2.00 bits per heavy atom. The quantitative estimate of drug-likeness (QED) is 0.834. The minimum atomic E-state index is -0.145. The predicted molar refractivity (Wildman–Crippen MR) is 76.2 cm³/mol. The molecular formula is C16H29NO2. The van der Waals surface area contributed by atoms with Gasteiger partial charge in [0, 0.05) is 19.2 Å². The highest BCUT2D eigenvalue weighted by atomic mass is 16.5. The molecule has 1 saturated carbocycles. The molecule has 0 aromatic heterocycles. The van der Waals surface area contributed by atoms with Crippen molar-refractivity contribution in [3.05, 3.63) is 0 Å². The molecule has 3 rings (SSSR count). The van der Waals surface area contributed by atoms with E-state index in [1.807, 2.05) is 6.92 Å². The Kier molecular flexibility index (Phi) is 4.16. The van der Waals surface area contributed by atoms with Gasteiger partial charge in [-0.3, -0.25) is 4.90 Å². The van der Waals surface area contributed by atoms with E-state index in [9.17, 15) is 5.11 Å². The zero-order chi connectivity index (χ0) is 13.3. The molecule has 0 radical (unpaired) electrons. The number of likely N-dealkylation sites (tertiary alicyclic amines) is 1. The minimum Gasteiger partial charge on any atom is -0.393 e. The highest BCUT2D eigenvalue weighted by Gasteiger charge is 2.41. The van der Waals surface area contributed by atoms with E-state index in [0.717, 1.165) is 13.2 Å². The van der Waals surface area contributed by atoms with E-state index in [1.54, 1.807) is 0 Å². The molecule has 1 spiro atoms. The lowest BCUT2D eigenvalue weighted by Crippen LogP contribution is -2.49. The highest BCUT2D eigenvalue weighted by Crippen LogP contribution is 2.40. The molecule has 2 heterocycles. The van der Waals surface area contributed by atoms with Crippen LogP contribution in [0, 0.1) is 5.92 Å². The molecule has 110 valence electrons. The normalized spacial score (nSPS) is 37.6. The lowest BCUT2D eigenvalue weighted by atomic mass is 9.78. The molecule has 3 heteroatoms. The summed E-state index contributed by atoms with van der Waals surface area (Å²) in [5.74, 6) is 0.491. The van der Waals surface area contributed by atoms with Crippen molar-refractivity contribution in [1.82, 2.24) is 4.90 Å². The van der Waals surface area contributed by atoms with Crippen LogP contribution in [-0.2, 0) is 4.74 Å². The minimum absolute atomic E-state index is 0.145. The van der Waals surface area contributed by atoms with Gasteiger partial charge in [0.25, 0.3) is 0 Å². The van der Waals surface area contributed by atoms with Crippen LogP contribution in [0.2, 0.25) is 0 Å². The predicted octanol–water partition coefficient (Wildman–Crippen LogP) is 2.57. The Bertz CT molecular complexity index is 294. The molecule has 3 unspecified atom stereocenters. The van der Waals surface area contributed by atoms with Crippen molar-refractivity contribution in [2.45, 2.75) is 76.0 Å². The standard InChI is InChI=1S/C16H29NO2/c1-13(18)14-5-9-17(12-14)15-6-10-19-16(11-15)7-3-2-4-8-16/h13-15,18H,2-12H2,1H3. The summed E-state index contributed by atoms with van der Waals surface area (Å²) in [5, 5.41) is 9.76. The first-order chi connectivity index (χ1) is 9.19. The molecule has 3 fully saturated rings. The van der Waals surface area contributed by atoms with Gasteiger partial charge in [-0.05, 0) is 51.5 Å². The second kappa shape index (κ2) is 5.71. The topological polar surface area (TPSA) is 32.7 Å².